The maximum absolute atomic E-state index is 13.3. The molecule has 33 heavy (non-hydrogen) atoms. The average Bonchev–Trinajstić information content (AvgIpc) is 3.47. The number of nitrogens with zero attached hydrogens (tertiary/aromatic N) is 4. The molecule has 0 atom stereocenters. The quantitative estimate of drug-likeness (QED) is 0.354. The van der Waals surface area contributed by atoms with Crippen LogP contribution in [0.3, 0.4) is 0 Å². The van der Waals surface area contributed by atoms with E-state index in [-0.39, 0.29) is 18.1 Å². The number of hydrogen-bond donors (Lipinski definition) is 2. The molecule has 0 radical (unpaired) electrons. The van der Waals surface area contributed by atoms with Gasteiger partial charge in [0.2, 0.25) is 0 Å². The first-order chi connectivity index (χ1) is 15.9. The number of rotatable bonds is 6. The molecule has 0 aliphatic heterocycles. The molecule has 7 nitrogen and oxygen atoms in total. The van der Waals surface area contributed by atoms with Gasteiger partial charge >= 0.3 is 6.18 Å². The highest BCUT2D eigenvalue weighted by Crippen LogP contribution is 2.31. The molecule has 0 spiro atoms. The summed E-state index contributed by atoms with van der Waals surface area (Å²) in [6.45, 7) is 0.189. The number of imidazole rings is 2. The number of para-hydroxylation sites is 1. The Morgan fingerprint density at radius 3 is 2.58 bits per heavy atom. The molecule has 0 saturated carbocycles. The van der Waals surface area contributed by atoms with Gasteiger partial charge in [0.25, 0.3) is 0 Å². The molecule has 5 rings (SSSR count). The standard InChI is InChI=1S/C23H17F3N6O/c24-23(25,26)20-10-15(11-22(31-20)32-9-8-27-14-32)28-13-21-29-18-7-6-17(12-19(18)30-21)33-16-4-2-1-3-5-16/h1-12,14H,13H2,(H,28,31)(H,29,30). The van der Waals surface area contributed by atoms with Gasteiger partial charge in [0.15, 0.2) is 0 Å². The Morgan fingerprint density at radius 1 is 0.970 bits per heavy atom. The molecule has 3 aromatic heterocycles. The Morgan fingerprint density at radius 2 is 1.82 bits per heavy atom. The van der Waals surface area contributed by atoms with E-state index in [9.17, 15) is 13.2 Å². The van der Waals surface area contributed by atoms with E-state index in [4.69, 9.17) is 4.74 Å². The van der Waals surface area contributed by atoms with E-state index >= 15 is 0 Å². The number of hydrogen-bond acceptors (Lipinski definition) is 5. The van der Waals surface area contributed by atoms with Crippen LogP contribution < -0.4 is 10.1 Å². The predicted octanol–water partition coefficient (Wildman–Crippen LogP) is 5.57. The zero-order valence-electron chi connectivity index (χ0n) is 17.0. The normalized spacial score (nSPS) is 11.6. The fraction of sp³-hybridized carbons (Fsp3) is 0.0870. The third-order valence-corrected chi connectivity index (χ3v) is 4.81. The predicted molar refractivity (Wildman–Crippen MR) is 116 cm³/mol. The van der Waals surface area contributed by atoms with Gasteiger partial charge in [-0.3, -0.25) is 4.57 Å². The zero-order chi connectivity index (χ0) is 22.8. The lowest BCUT2D eigenvalue weighted by atomic mass is 10.3. The van der Waals surface area contributed by atoms with Crippen LogP contribution in [-0.4, -0.2) is 24.5 Å². The SMILES string of the molecule is FC(F)(F)c1cc(NCc2nc3cc(Oc4ccccc4)ccc3[nH]2)cc(-n2ccnc2)n1. The Bertz CT molecular complexity index is 1380. The Balaban J connectivity index is 1.36. The summed E-state index contributed by atoms with van der Waals surface area (Å²) in [4.78, 5) is 15.3. The second-order valence-electron chi connectivity index (χ2n) is 7.20. The highest BCUT2D eigenvalue weighted by Gasteiger charge is 2.33. The van der Waals surface area contributed by atoms with Gasteiger partial charge in [0.05, 0.1) is 17.6 Å². The minimum atomic E-state index is -4.58. The van der Waals surface area contributed by atoms with E-state index in [2.05, 4.69) is 25.3 Å². The zero-order valence-corrected chi connectivity index (χ0v) is 17.0. The van der Waals surface area contributed by atoms with Crippen molar-refractivity contribution in [3.05, 3.63) is 90.9 Å². The van der Waals surface area contributed by atoms with Gasteiger partial charge < -0.3 is 15.0 Å². The molecule has 0 bridgehead atoms. The first-order valence-electron chi connectivity index (χ1n) is 9.97. The number of pyridine rings is 1. The Hall–Kier alpha value is -4.34. The lowest BCUT2D eigenvalue weighted by Crippen LogP contribution is -2.12. The van der Waals surface area contributed by atoms with E-state index in [0.29, 0.717) is 22.8 Å². The van der Waals surface area contributed by atoms with E-state index in [1.807, 2.05) is 42.5 Å². The molecule has 0 aliphatic carbocycles. The lowest BCUT2D eigenvalue weighted by molar-refractivity contribution is -0.141. The molecule has 0 unspecified atom stereocenters. The van der Waals surface area contributed by atoms with Crippen LogP contribution in [0.25, 0.3) is 16.9 Å². The van der Waals surface area contributed by atoms with Crippen molar-refractivity contribution in [3.63, 3.8) is 0 Å². The number of anilines is 1. The molecule has 0 amide bonds. The summed E-state index contributed by atoms with van der Waals surface area (Å²) < 4.78 is 47.3. The highest BCUT2D eigenvalue weighted by atomic mass is 19.4. The van der Waals surface area contributed by atoms with Crippen molar-refractivity contribution in [2.75, 3.05) is 5.32 Å². The number of alkyl halides is 3. The van der Waals surface area contributed by atoms with Crippen molar-refractivity contribution < 1.29 is 17.9 Å². The van der Waals surface area contributed by atoms with Gasteiger partial charge in [0.1, 0.15) is 35.2 Å². The lowest BCUT2D eigenvalue weighted by Gasteiger charge is -2.12. The van der Waals surface area contributed by atoms with E-state index in [1.165, 1.54) is 29.4 Å². The van der Waals surface area contributed by atoms with Crippen LogP contribution in [0.5, 0.6) is 11.5 Å². The largest absolute Gasteiger partial charge is 0.457 e. The van der Waals surface area contributed by atoms with Crippen LogP contribution in [0.1, 0.15) is 11.5 Å². The molecular weight excluding hydrogens is 433 g/mol. The number of aromatic amines is 1. The van der Waals surface area contributed by atoms with E-state index < -0.39 is 11.9 Å². The molecule has 3 heterocycles. The topological polar surface area (TPSA) is 80.7 Å². The maximum Gasteiger partial charge on any atom is 0.433 e. The van der Waals surface area contributed by atoms with Crippen LogP contribution in [-0.2, 0) is 12.7 Å². The van der Waals surface area contributed by atoms with Crippen molar-refractivity contribution in [2.45, 2.75) is 12.7 Å². The summed E-state index contributed by atoms with van der Waals surface area (Å²) in [7, 11) is 0. The summed E-state index contributed by atoms with van der Waals surface area (Å²) in [6.07, 6.45) is -0.192. The van der Waals surface area contributed by atoms with Crippen molar-refractivity contribution in [1.82, 2.24) is 24.5 Å². The molecule has 2 N–H and O–H groups in total. The molecule has 5 aromatic rings. The van der Waals surface area contributed by atoms with Gasteiger partial charge in [-0.1, -0.05) is 18.2 Å². The summed E-state index contributed by atoms with van der Waals surface area (Å²) in [5.41, 5.74) is 0.736. The van der Waals surface area contributed by atoms with Crippen molar-refractivity contribution in [2.24, 2.45) is 0 Å². The monoisotopic (exact) mass is 450 g/mol. The third-order valence-electron chi connectivity index (χ3n) is 4.81. The average molecular weight is 450 g/mol. The number of nitrogens with one attached hydrogen (secondary N) is 2. The summed E-state index contributed by atoms with van der Waals surface area (Å²) in [5, 5.41) is 2.99. The van der Waals surface area contributed by atoms with Crippen LogP contribution in [0.4, 0.5) is 18.9 Å². The first kappa shape index (κ1) is 20.6. The molecule has 0 saturated heterocycles. The van der Waals surface area contributed by atoms with E-state index in [0.717, 1.165) is 11.6 Å². The van der Waals surface area contributed by atoms with Gasteiger partial charge in [-0.15, -0.1) is 0 Å². The number of fused-ring (bicyclic) bond motifs is 1. The second kappa shape index (κ2) is 8.30. The first-order valence-corrected chi connectivity index (χ1v) is 9.97. The van der Waals surface area contributed by atoms with Crippen molar-refractivity contribution >= 4 is 16.7 Å². The summed E-state index contributed by atoms with van der Waals surface area (Å²) in [5.74, 6) is 2.02. The number of aromatic nitrogens is 5. The van der Waals surface area contributed by atoms with Crippen LogP contribution in [0.2, 0.25) is 0 Å². The maximum atomic E-state index is 13.3. The van der Waals surface area contributed by atoms with Crippen LogP contribution in [0, 0.1) is 0 Å². The minimum Gasteiger partial charge on any atom is -0.457 e. The molecule has 0 aliphatic rings. The number of halogens is 3. The highest BCUT2D eigenvalue weighted by molar-refractivity contribution is 5.77. The molecule has 2 aromatic carbocycles. The number of H-pyrrole nitrogens is 1. The van der Waals surface area contributed by atoms with Gasteiger partial charge in [0, 0.05) is 30.2 Å². The number of benzene rings is 2. The van der Waals surface area contributed by atoms with Gasteiger partial charge in [-0.2, -0.15) is 13.2 Å². The molecular formula is C23H17F3N6O. The summed E-state index contributed by atoms with van der Waals surface area (Å²) in [6, 6.07) is 17.3. The van der Waals surface area contributed by atoms with Gasteiger partial charge in [-0.25, -0.2) is 15.0 Å². The van der Waals surface area contributed by atoms with Crippen LogP contribution >= 0.6 is 0 Å². The molecule has 166 valence electrons. The Labute approximate surface area is 185 Å². The fourth-order valence-electron chi connectivity index (χ4n) is 3.29. The van der Waals surface area contributed by atoms with Crippen molar-refractivity contribution in [3.8, 4) is 17.3 Å². The summed E-state index contributed by atoms with van der Waals surface area (Å²) >= 11 is 0. The smallest absolute Gasteiger partial charge is 0.433 e. The third kappa shape index (κ3) is 4.64. The van der Waals surface area contributed by atoms with Crippen LogP contribution in [0.15, 0.2) is 79.4 Å². The number of ether oxygens (including phenoxy) is 1. The fourth-order valence-corrected chi connectivity index (χ4v) is 3.29. The minimum absolute atomic E-state index is 0.108. The van der Waals surface area contributed by atoms with E-state index in [1.54, 1.807) is 6.07 Å². The van der Waals surface area contributed by atoms with Gasteiger partial charge in [-0.05, 0) is 30.3 Å². The molecule has 10 heteroatoms. The Kier molecular flexibility index (Phi) is 5.17. The second-order valence-corrected chi connectivity index (χ2v) is 7.20. The molecule has 0 fully saturated rings. The van der Waals surface area contributed by atoms with Crippen molar-refractivity contribution in [1.29, 1.82) is 0 Å².